The lowest BCUT2D eigenvalue weighted by molar-refractivity contribution is -0.136. The zero-order chi connectivity index (χ0) is 20.5. The summed E-state index contributed by atoms with van der Waals surface area (Å²) >= 11 is 1.41. The van der Waals surface area contributed by atoms with E-state index in [0.717, 1.165) is 24.8 Å². The van der Waals surface area contributed by atoms with Gasteiger partial charge in [-0.15, -0.1) is 11.3 Å². The SMILES string of the molecule is O=C(Nc1ccc2c(c1)CN([C@@H]1CCCc3ccccc31)C(=O)CO2)c1cccs1. The highest BCUT2D eigenvalue weighted by Crippen LogP contribution is 2.37. The van der Waals surface area contributed by atoms with Gasteiger partial charge in [0.1, 0.15) is 5.75 Å². The molecule has 0 bridgehead atoms. The number of ether oxygens (including phenoxy) is 1. The Labute approximate surface area is 179 Å². The molecular formula is C24H22N2O3S. The van der Waals surface area contributed by atoms with Gasteiger partial charge in [-0.2, -0.15) is 0 Å². The van der Waals surface area contributed by atoms with E-state index < -0.39 is 0 Å². The minimum Gasteiger partial charge on any atom is -0.483 e. The first-order valence-corrected chi connectivity index (χ1v) is 11.0. The van der Waals surface area contributed by atoms with Crippen molar-refractivity contribution in [2.75, 3.05) is 11.9 Å². The first kappa shape index (κ1) is 18.9. The standard InChI is InChI=1S/C24H22N2O3S/c27-23-15-29-21-11-10-18(25-24(28)22-9-4-12-30-22)13-17(21)14-26(23)20-8-3-6-16-5-1-2-7-19(16)20/h1-2,4-5,7,9-13,20H,3,6,8,14-15H2,(H,25,28)/t20-/m1/s1. The normalized spacial score (nSPS) is 18.1. The van der Waals surface area contributed by atoms with Gasteiger partial charge in [-0.1, -0.05) is 30.3 Å². The molecule has 6 heteroatoms. The molecule has 30 heavy (non-hydrogen) atoms. The molecular weight excluding hydrogens is 396 g/mol. The van der Waals surface area contributed by atoms with Gasteiger partial charge >= 0.3 is 0 Å². The zero-order valence-electron chi connectivity index (χ0n) is 16.5. The molecule has 2 aliphatic rings. The number of fused-ring (bicyclic) bond motifs is 2. The molecule has 0 spiro atoms. The van der Waals surface area contributed by atoms with Crippen molar-refractivity contribution in [2.45, 2.75) is 31.8 Å². The van der Waals surface area contributed by atoms with Crippen molar-refractivity contribution < 1.29 is 14.3 Å². The van der Waals surface area contributed by atoms with Gasteiger partial charge in [-0.3, -0.25) is 9.59 Å². The van der Waals surface area contributed by atoms with Crippen LogP contribution >= 0.6 is 11.3 Å². The van der Waals surface area contributed by atoms with Crippen LogP contribution in [0.1, 0.15) is 45.2 Å². The van der Waals surface area contributed by atoms with Crippen LogP contribution in [-0.2, 0) is 17.8 Å². The molecule has 1 aliphatic carbocycles. The van der Waals surface area contributed by atoms with E-state index in [1.807, 2.05) is 40.6 Å². The number of rotatable bonds is 3. The van der Waals surface area contributed by atoms with Crippen molar-refractivity contribution >= 4 is 28.8 Å². The number of nitrogens with one attached hydrogen (secondary N) is 1. The topological polar surface area (TPSA) is 58.6 Å². The van der Waals surface area contributed by atoms with Gasteiger partial charge in [0.05, 0.1) is 17.5 Å². The Kier molecular flexibility index (Phi) is 5.01. The predicted molar refractivity (Wildman–Crippen MR) is 117 cm³/mol. The maximum absolute atomic E-state index is 12.9. The van der Waals surface area contributed by atoms with Crippen molar-refractivity contribution in [3.8, 4) is 5.75 Å². The third kappa shape index (κ3) is 3.59. The molecule has 0 radical (unpaired) electrons. The Bertz CT molecular complexity index is 1090. The molecule has 0 saturated heterocycles. The van der Waals surface area contributed by atoms with Crippen LogP contribution in [0.4, 0.5) is 5.69 Å². The number of aryl methyl sites for hydroxylation is 1. The van der Waals surface area contributed by atoms with E-state index in [1.54, 1.807) is 6.07 Å². The molecule has 5 nitrogen and oxygen atoms in total. The van der Waals surface area contributed by atoms with Crippen molar-refractivity contribution in [1.82, 2.24) is 4.90 Å². The van der Waals surface area contributed by atoms with Crippen LogP contribution in [0.15, 0.2) is 60.0 Å². The Balaban J connectivity index is 1.43. The molecule has 2 aromatic carbocycles. The number of amides is 2. The summed E-state index contributed by atoms with van der Waals surface area (Å²) in [6, 6.07) is 17.7. The summed E-state index contributed by atoms with van der Waals surface area (Å²) in [5, 5.41) is 4.83. The summed E-state index contributed by atoms with van der Waals surface area (Å²) in [4.78, 5) is 28.0. The molecule has 1 N–H and O–H groups in total. The van der Waals surface area contributed by atoms with E-state index in [9.17, 15) is 9.59 Å². The van der Waals surface area contributed by atoms with E-state index in [4.69, 9.17) is 4.74 Å². The highest BCUT2D eigenvalue weighted by molar-refractivity contribution is 7.12. The van der Waals surface area contributed by atoms with Gasteiger partial charge < -0.3 is 15.0 Å². The van der Waals surface area contributed by atoms with Crippen molar-refractivity contribution in [1.29, 1.82) is 0 Å². The first-order valence-electron chi connectivity index (χ1n) is 10.2. The number of carbonyl (C=O) groups excluding carboxylic acids is 2. The monoisotopic (exact) mass is 418 g/mol. The van der Waals surface area contributed by atoms with Gasteiger partial charge in [0, 0.05) is 11.3 Å². The second-order valence-electron chi connectivity index (χ2n) is 7.67. The molecule has 1 aromatic heterocycles. The Morgan fingerprint density at radius 2 is 2.00 bits per heavy atom. The Morgan fingerprint density at radius 3 is 2.87 bits per heavy atom. The van der Waals surface area contributed by atoms with E-state index in [-0.39, 0.29) is 24.5 Å². The Hall–Kier alpha value is -3.12. The summed E-state index contributed by atoms with van der Waals surface area (Å²) in [7, 11) is 0. The summed E-state index contributed by atoms with van der Waals surface area (Å²) < 4.78 is 5.80. The number of hydrogen-bond acceptors (Lipinski definition) is 4. The van der Waals surface area contributed by atoms with Crippen LogP contribution in [0.25, 0.3) is 0 Å². The predicted octanol–water partition coefficient (Wildman–Crippen LogP) is 4.80. The summed E-state index contributed by atoms with van der Waals surface area (Å²) in [5.41, 5.74) is 4.17. The van der Waals surface area contributed by atoms with Crippen LogP contribution in [0.3, 0.4) is 0 Å². The van der Waals surface area contributed by atoms with Gasteiger partial charge in [-0.25, -0.2) is 0 Å². The fourth-order valence-corrected chi connectivity index (χ4v) is 4.97. The highest BCUT2D eigenvalue weighted by atomic mass is 32.1. The number of hydrogen-bond donors (Lipinski definition) is 1. The average Bonchev–Trinajstić information content (AvgIpc) is 3.26. The summed E-state index contributed by atoms with van der Waals surface area (Å²) in [6.07, 6.45) is 3.07. The molecule has 2 heterocycles. The molecule has 0 saturated carbocycles. The molecule has 5 rings (SSSR count). The second-order valence-corrected chi connectivity index (χ2v) is 8.62. The molecule has 1 aliphatic heterocycles. The van der Waals surface area contributed by atoms with E-state index in [0.29, 0.717) is 22.9 Å². The van der Waals surface area contributed by atoms with Crippen LogP contribution in [0.2, 0.25) is 0 Å². The molecule has 0 fully saturated rings. The number of anilines is 1. The van der Waals surface area contributed by atoms with Crippen LogP contribution in [0.5, 0.6) is 5.75 Å². The lowest BCUT2D eigenvalue weighted by Gasteiger charge is -2.35. The largest absolute Gasteiger partial charge is 0.483 e. The van der Waals surface area contributed by atoms with Gasteiger partial charge in [0.25, 0.3) is 11.8 Å². The fraction of sp³-hybridized carbons (Fsp3) is 0.250. The lowest BCUT2D eigenvalue weighted by Crippen LogP contribution is -2.37. The van der Waals surface area contributed by atoms with Crippen molar-refractivity contribution in [2.24, 2.45) is 0 Å². The number of benzene rings is 2. The quantitative estimate of drug-likeness (QED) is 0.665. The van der Waals surface area contributed by atoms with Crippen molar-refractivity contribution in [3.05, 3.63) is 81.5 Å². The van der Waals surface area contributed by atoms with Crippen LogP contribution < -0.4 is 10.1 Å². The van der Waals surface area contributed by atoms with Crippen molar-refractivity contribution in [3.63, 3.8) is 0 Å². The maximum atomic E-state index is 12.9. The number of carbonyl (C=O) groups is 2. The smallest absolute Gasteiger partial charge is 0.265 e. The maximum Gasteiger partial charge on any atom is 0.265 e. The third-order valence-electron chi connectivity index (χ3n) is 5.79. The van der Waals surface area contributed by atoms with Gasteiger partial charge in [0.2, 0.25) is 0 Å². The minimum absolute atomic E-state index is 0.00271. The van der Waals surface area contributed by atoms with E-state index in [1.165, 1.54) is 22.5 Å². The molecule has 152 valence electrons. The van der Waals surface area contributed by atoms with Gasteiger partial charge in [-0.05, 0) is 60.0 Å². The zero-order valence-corrected chi connectivity index (χ0v) is 17.3. The number of nitrogens with zero attached hydrogens (tertiary/aromatic N) is 1. The number of thiophene rings is 1. The van der Waals surface area contributed by atoms with Crippen LogP contribution in [-0.4, -0.2) is 23.3 Å². The summed E-state index contributed by atoms with van der Waals surface area (Å²) in [5.74, 6) is 0.565. The second kappa shape index (κ2) is 7.95. The first-order chi connectivity index (χ1) is 14.7. The molecule has 1 atom stereocenters. The highest BCUT2D eigenvalue weighted by Gasteiger charge is 2.32. The molecule has 3 aromatic rings. The fourth-order valence-electron chi connectivity index (χ4n) is 4.35. The minimum atomic E-state index is -0.131. The Morgan fingerprint density at radius 1 is 1.10 bits per heavy atom. The van der Waals surface area contributed by atoms with Gasteiger partial charge in [0.15, 0.2) is 6.61 Å². The van der Waals surface area contributed by atoms with E-state index in [2.05, 4.69) is 23.5 Å². The third-order valence-corrected chi connectivity index (χ3v) is 6.66. The van der Waals surface area contributed by atoms with Crippen LogP contribution in [0, 0.1) is 0 Å². The summed E-state index contributed by atoms with van der Waals surface area (Å²) in [6.45, 7) is 0.502. The lowest BCUT2D eigenvalue weighted by atomic mass is 9.86. The van der Waals surface area contributed by atoms with E-state index >= 15 is 0 Å². The molecule has 2 amide bonds. The molecule has 0 unspecified atom stereocenters. The average molecular weight is 419 g/mol.